The number of carbonyl (C=O) groups excluding carboxylic acids is 3. The molecular formula is C45H50F2N10O4. The standard InChI is InChI=1S/C45H50F2N10O4/c1-26-21-54(13-12-53(26)22-28-23-55(24-28)33-16-36(46)42(37(47)17-33)34-9-11-41(58)51-43(34)59)30-4-6-31(7-5-30)56-25-29-15-39(35(45(2,3)61)18-38(29)52-56)50-44(60)40-10-8-32-14-27(19-48)20-49-57(32)40/h8,10,14-18,20,25-26,28,30-31,34,61H,4-7,9,11-13,21-24H2,1-3H3,(H,50,60)(H,51,58,59)/t26-,30?,31?,34-/m1/s1. The summed E-state index contributed by atoms with van der Waals surface area (Å²) in [6, 6.07) is 14.6. The molecule has 0 radical (unpaired) electrons. The van der Waals surface area contributed by atoms with Crippen molar-refractivity contribution in [3.63, 3.8) is 0 Å². The number of nitrogens with one attached hydrogen (secondary N) is 2. The minimum Gasteiger partial charge on any atom is -0.386 e. The summed E-state index contributed by atoms with van der Waals surface area (Å²) in [5, 5.41) is 35.7. The highest BCUT2D eigenvalue weighted by Crippen LogP contribution is 2.37. The van der Waals surface area contributed by atoms with Gasteiger partial charge in [0.2, 0.25) is 11.8 Å². The van der Waals surface area contributed by atoms with Gasteiger partial charge in [-0.3, -0.25) is 34.2 Å². The first-order valence-electron chi connectivity index (χ1n) is 21.2. The van der Waals surface area contributed by atoms with E-state index in [1.165, 1.54) is 22.8 Å². The van der Waals surface area contributed by atoms with E-state index in [1.807, 2.05) is 23.2 Å². The third kappa shape index (κ3) is 7.97. The molecule has 0 spiro atoms. The van der Waals surface area contributed by atoms with Gasteiger partial charge < -0.3 is 15.3 Å². The third-order valence-corrected chi connectivity index (χ3v) is 13.3. The van der Waals surface area contributed by atoms with E-state index in [4.69, 9.17) is 5.10 Å². The van der Waals surface area contributed by atoms with E-state index in [-0.39, 0.29) is 30.4 Å². The number of carbonyl (C=O) groups is 3. The molecule has 3 N–H and O–H groups in total. The van der Waals surface area contributed by atoms with E-state index in [0.717, 1.165) is 62.8 Å². The second-order valence-corrected chi connectivity index (χ2v) is 17.9. The smallest absolute Gasteiger partial charge is 0.274 e. The number of piperazine rings is 1. The quantitative estimate of drug-likeness (QED) is 0.163. The van der Waals surface area contributed by atoms with E-state index in [0.29, 0.717) is 64.8 Å². The summed E-state index contributed by atoms with van der Waals surface area (Å²) in [6.45, 7) is 10.9. The Morgan fingerprint density at radius 1 is 1.00 bits per heavy atom. The molecule has 5 aromatic rings. The van der Waals surface area contributed by atoms with Crippen molar-refractivity contribution < 1.29 is 28.3 Å². The van der Waals surface area contributed by atoms with E-state index in [1.54, 1.807) is 32.0 Å². The molecule has 9 rings (SSSR count). The Labute approximate surface area is 352 Å². The lowest BCUT2D eigenvalue weighted by Crippen LogP contribution is -2.59. The molecule has 3 aliphatic heterocycles. The van der Waals surface area contributed by atoms with Crippen LogP contribution in [0.4, 0.5) is 20.2 Å². The second-order valence-electron chi connectivity index (χ2n) is 17.9. The van der Waals surface area contributed by atoms with E-state index in [2.05, 4.69) is 43.2 Å². The van der Waals surface area contributed by atoms with Gasteiger partial charge in [-0.2, -0.15) is 15.5 Å². The Bertz CT molecular complexity index is 2560. The molecule has 2 aromatic carbocycles. The molecule has 6 heterocycles. The van der Waals surface area contributed by atoms with Crippen molar-refractivity contribution in [3.8, 4) is 6.07 Å². The molecule has 3 amide bonds. The lowest BCUT2D eigenvalue weighted by atomic mass is 9.89. The molecule has 318 valence electrons. The molecule has 4 fully saturated rings. The summed E-state index contributed by atoms with van der Waals surface area (Å²) < 4.78 is 33.9. The second kappa shape index (κ2) is 15.9. The molecule has 4 aliphatic rings. The van der Waals surface area contributed by atoms with E-state index in [9.17, 15) is 24.8 Å². The number of piperidine rings is 1. The van der Waals surface area contributed by atoms with Gasteiger partial charge in [-0.15, -0.1) is 0 Å². The topological polar surface area (TPSA) is 164 Å². The van der Waals surface area contributed by atoms with Gasteiger partial charge in [0.25, 0.3) is 5.91 Å². The minimum atomic E-state index is -1.25. The summed E-state index contributed by atoms with van der Waals surface area (Å²) in [5.41, 5.74) is 2.08. The molecule has 14 nitrogen and oxygen atoms in total. The van der Waals surface area contributed by atoms with Gasteiger partial charge in [-0.05, 0) is 95.3 Å². The Kier molecular flexibility index (Phi) is 10.6. The van der Waals surface area contributed by atoms with Crippen molar-refractivity contribution in [3.05, 3.63) is 88.9 Å². The molecule has 2 atom stereocenters. The number of rotatable bonds is 9. The number of benzene rings is 2. The molecule has 61 heavy (non-hydrogen) atoms. The Balaban J connectivity index is 0.779. The third-order valence-electron chi connectivity index (χ3n) is 13.3. The van der Waals surface area contributed by atoms with Crippen LogP contribution >= 0.6 is 0 Å². The van der Waals surface area contributed by atoms with Crippen molar-refractivity contribution in [2.75, 3.05) is 49.5 Å². The summed E-state index contributed by atoms with van der Waals surface area (Å²) in [7, 11) is 0. The fraction of sp³-hybridized carbons (Fsp3) is 0.467. The number of imide groups is 1. The van der Waals surface area contributed by atoms with Crippen LogP contribution in [0.15, 0.2) is 54.9 Å². The molecular weight excluding hydrogens is 783 g/mol. The number of nitriles is 1. The van der Waals surface area contributed by atoms with E-state index >= 15 is 8.78 Å². The summed E-state index contributed by atoms with van der Waals surface area (Å²) in [6.07, 6.45) is 7.71. The largest absolute Gasteiger partial charge is 0.386 e. The predicted molar refractivity (Wildman–Crippen MR) is 224 cm³/mol. The molecule has 3 aromatic heterocycles. The average Bonchev–Trinajstić information content (AvgIpc) is 3.83. The van der Waals surface area contributed by atoms with E-state index < -0.39 is 35.0 Å². The van der Waals surface area contributed by atoms with Gasteiger partial charge in [0.15, 0.2) is 0 Å². The molecule has 1 saturated carbocycles. The number of hydrogen-bond donors (Lipinski definition) is 3. The zero-order valence-corrected chi connectivity index (χ0v) is 34.6. The summed E-state index contributed by atoms with van der Waals surface area (Å²) >= 11 is 0. The average molecular weight is 833 g/mol. The van der Waals surface area contributed by atoms with Crippen LogP contribution in [0.3, 0.4) is 0 Å². The molecule has 1 aliphatic carbocycles. The monoisotopic (exact) mass is 832 g/mol. The number of halogens is 2. The molecule has 16 heteroatoms. The highest BCUT2D eigenvalue weighted by Gasteiger charge is 2.37. The number of fused-ring (bicyclic) bond motifs is 2. The zero-order valence-electron chi connectivity index (χ0n) is 34.6. The normalized spacial score (nSPS) is 23.3. The number of aliphatic hydroxyl groups is 1. The van der Waals surface area contributed by atoms with Crippen molar-refractivity contribution in [2.45, 2.75) is 88.9 Å². The van der Waals surface area contributed by atoms with Crippen LogP contribution in [0.25, 0.3) is 16.4 Å². The van der Waals surface area contributed by atoms with Crippen molar-refractivity contribution >= 4 is 45.5 Å². The fourth-order valence-corrected chi connectivity index (χ4v) is 9.90. The van der Waals surface area contributed by atoms with Gasteiger partial charge in [-0.25, -0.2) is 13.3 Å². The lowest BCUT2D eigenvalue weighted by Gasteiger charge is -2.48. The molecule has 0 unspecified atom stereocenters. The van der Waals surface area contributed by atoms with Crippen LogP contribution in [0.1, 0.15) is 98.4 Å². The summed E-state index contributed by atoms with van der Waals surface area (Å²) in [5.74, 6) is -3.58. The SMILES string of the molecule is C[C@@H]1CN(C2CCC(n3cc4cc(NC(=O)c5ccc6cc(C#N)cnn56)c(C(C)(C)O)cc4n3)CC2)CCN1CC1CN(c2cc(F)c([C@H]3CCC(=O)NC3=O)c(F)c2)C1. The van der Waals surface area contributed by atoms with Gasteiger partial charge >= 0.3 is 0 Å². The molecule has 0 bridgehead atoms. The van der Waals surface area contributed by atoms with Gasteiger partial charge in [-0.1, -0.05) is 0 Å². The Morgan fingerprint density at radius 2 is 1.74 bits per heavy atom. The maximum absolute atomic E-state index is 15.2. The van der Waals surface area contributed by atoms with Crippen LogP contribution < -0.4 is 15.5 Å². The van der Waals surface area contributed by atoms with Crippen LogP contribution in [-0.4, -0.2) is 103 Å². The first-order chi connectivity index (χ1) is 29.2. The van der Waals surface area contributed by atoms with Crippen molar-refractivity contribution in [2.24, 2.45) is 5.92 Å². The number of amides is 3. The van der Waals surface area contributed by atoms with Crippen molar-refractivity contribution in [1.29, 1.82) is 5.26 Å². The van der Waals surface area contributed by atoms with Gasteiger partial charge in [0.1, 0.15) is 23.4 Å². The highest BCUT2D eigenvalue weighted by molar-refractivity contribution is 6.05. The van der Waals surface area contributed by atoms with Crippen LogP contribution in [0.2, 0.25) is 0 Å². The minimum absolute atomic E-state index is 0.0593. The maximum atomic E-state index is 15.2. The van der Waals surface area contributed by atoms with Crippen LogP contribution in [-0.2, 0) is 15.2 Å². The van der Waals surface area contributed by atoms with Gasteiger partial charge in [0.05, 0.1) is 40.4 Å². The number of hydrogen-bond acceptors (Lipinski definition) is 10. The van der Waals surface area contributed by atoms with Crippen LogP contribution in [0.5, 0.6) is 0 Å². The number of aromatic nitrogens is 4. The zero-order chi connectivity index (χ0) is 42.7. The summed E-state index contributed by atoms with van der Waals surface area (Å²) in [4.78, 5) is 44.5. The first-order valence-corrected chi connectivity index (χ1v) is 21.2. The van der Waals surface area contributed by atoms with Crippen molar-refractivity contribution in [1.82, 2.24) is 34.5 Å². The van der Waals surface area contributed by atoms with Gasteiger partial charge in [0, 0.05) is 97.8 Å². The maximum Gasteiger partial charge on any atom is 0.274 e. The van der Waals surface area contributed by atoms with Crippen LogP contribution in [0, 0.1) is 28.9 Å². The first kappa shape index (κ1) is 40.6. The molecule has 3 saturated heterocycles. The Morgan fingerprint density at radius 3 is 2.43 bits per heavy atom. The lowest BCUT2D eigenvalue weighted by molar-refractivity contribution is -0.134. The number of nitrogens with zero attached hydrogens (tertiary/aromatic N) is 8. The predicted octanol–water partition coefficient (Wildman–Crippen LogP) is 5.46. The number of anilines is 2. The Hall–Kier alpha value is -5.76. The fourth-order valence-electron chi connectivity index (χ4n) is 9.90. The highest BCUT2D eigenvalue weighted by atomic mass is 19.1.